The van der Waals surface area contributed by atoms with E-state index in [1.165, 1.54) is 24.0 Å². The molecule has 0 radical (unpaired) electrons. The van der Waals surface area contributed by atoms with Crippen LogP contribution in [-0.2, 0) is 17.6 Å². The minimum absolute atomic E-state index is 0.0808. The van der Waals surface area contributed by atoms with Crippen LogP contribution in [0.4, 0.5) is 11.4 Å². The number of anilines is 2. The molecule has 0 saturated carbocycles. The molecule has 1 atom stereocenters. The van der Waals surface area contributed by atoms with Crippen LogP contribution in [0, 0.1) is 0 Å². The van der Waals surface area contributed by atoms with Crippen molar-refractivity contribution in [3.8, 4) is 0 Å². The van der Waals surface area contributed by atoms with Gasteiger partial charge in [-0.2, -0.15) is 0 Å². The van der Waals surface area contributed by atoms with Gasteiger partial charge in [-0.25, -0.2) is 0 Å². The van der Waals surface area contributed by atoms with Gasteiger partial charge in [-0.05, 0) is 67.6 Å². The Hall–Kier alpha value is -2.00. The molecule has 22 heavy (non-hydrogen) atoms. The first kappa shape index (κ1) is 14.9. The topological polar surface area (TPSA) is 41.1 Å². The summed E-state index contributed by atoms with van der Waals surface area (Å²) in [4.78, 5) is 12.2. The summed E-state index contributed by atoms with van der Waals surface area (Å²) in [6, 6.07) is 13.2. The average Bonchev–Trinajstić information content (AvgIpc) is 2.94. The lowest BCUT2D eigenvalue weighted by atomic mass is 10.1. The predicted octanol–water partition coefficient (Wildman–Crippen LogP) is 4.27. The van der Waals surface area contributed by atoms with Gasteiger partial charge in [0, 0.05) is 16.4 Å². The fraction of sp³-hybridized carbons (Fsp3) is 0.278. The number of carbonyl (C=O) groups is 1. The van der Waals surface area contributed by atoms with Crippen molar-refractivity contribution in [3.05, 3.63) is 58.6 Å². The first-order valence-electron chi connectivity index (χ1n) is 7.56. The summed E-state index contributed by atoms with van der Waals surface area (Å²) in [5.74, 6) is -0.0808. The van der Waals surface area contributed by atoms with Gasteiger partial charge < -0.3 is 10.6 Å². The van der Waals surface area contributed by atoms with Crippen LogP contribution in [0.2, 0.25) is 5.02 Å². The van der Waals surface area contributed by atoms with Crippen LogP contribution >= 0.6 is 11.6 Å². The molecule has 1 aliphatic rings. The zero-order chi connectivity index (χ0) is 15.5. The quantitative estimate of drug-likeness (QED) is 0.885. The van der Waals surface area contributed by atoms with Crippen LogP contribution in [0.3, 0.4) is 0 Å². The smallest absolute Gasteiger partial charge is 0.246 e. The second kappa shape index (κ2) is 6.41. The molecule has 0 spiro atoms. The van der Waals surface area contributed by atoms with Crippen LogP contribution in [0.5, 0.6) is 0 Å². The van der Waals surface area contributed by atoms with Crippen molar-refractivity contribution in [2.24, 2.45) is 0 Å². The molecule has 3 rings (SSSR count). The number of aryl methyl sites for hydroxylation is 2. The first-order valence-corrected chi connectivity index (χ1v) is 7.94. The molecular weight excluding hydrogens is 296 g/mol. The van der Waals surface area contributed by atoms with E-state index < -0.39 is 0 Å². The van der Waals surface area contributed by atoms with Crippen molar-refractivity contribution < 1.29 is 4.79 Å². The fourth-order valence-electron chi connectivity index (χ4n) is 2.79. The summed E-state index contributed by atoms with van der Waals surface area (Å²) >= 11 is 5.92. The van der Waals surface area contributed by atoms with E-state index in [1.54, 1.807) is 12.1 Å². The van der Waals surface area contributed by atoms with E-state index in [9.17, 15) is 4.79 Å². The van der Waals surface area contributed by atoms with E-state index in [2.05, 4.69) is 22.8 Å². The Labute approximate surface area is 135 Å². The van der Waals surface area contributed by atoms with Gasteiger partial charge in [0.2, 0.25) is 5.91 Å². The molecule has 0 saturated heterocycles. The third kappa shape index (κ3) is 3.42. The highest BCUT2D eigenvalue weighted by atomic mass is 35.5. The molecule has 2 aromatic rings. The lowest BCUT2D eigenvalue weighted by Gasteiger charge is -2.16. The van der Waals surface area contributed by atoms with Gasteiger partial charge in [-0.3, -0.25) is 4.79 Å². The molecular formula is C18H19ClN2O. The minimum Gasteiger partial charge on any atom is -0.374 e. The van der Waals surface area contributed by atoms with Gasteiger partial charge in [0.05, 0.1) is 0 Å². The summed E-state index contributed by atoms with van der Waals surface area (Å²) in [6.45, 7) is 1.85. The largest absolute Gasteiger partial charge is 0.374 e. The highest BCUT2D eigenvalue weighted by Crippen LogP contribution is 2.25. The number of hydrogen-bond acceptors (Lipinski definition) is 2. The van der Waals surface area contributed by atoms with E-state index in [1.807, 2.05) is 25.1 Å². The average molecular weight is 315 g/mol. The summed E-state index contributed by atoms with van der Waals surface area (Å²) in [7, 11) is 0. The van der Waals surface area contributed by atoms with Gasteiger partial charge in [0.25, 0.3) is 0 Å². The van der Waals surface area contributed by atoms with E-state index >= 15 is 0 Å². The summed E-state index contributed by atoms with van der Waals surface area (Å²) in [6.07, 6.45) is 3.53. The van der Waals surface area contributed by atoms with Gasteiger partial charge in [-0.1, -0.05) is 23.7 Å². The molecule has 1 amide bonds. The number of hydrogen-bond donors (Lipinski definition) is 2. The van der Waals surface area contributed by atoms with Crippen LogP contribution in [-0.4, -0.2) is 11.9 Å². The Kier molecular flexibility index (Phi) is 4.34. The number of fused-ring (bicyclic) bond motifs is 1. The lowest BCUT2D eigenvalue weighted by Crippen LogP contribution is -2.31. The zero-order valence-electron chi connectivity index (χ0n) is 12.5. The van der Waals surface area contributed by atoms with E-state index in [-0.39, 0.29) is 11.9 Å². The number of benzene rings is 2. The molecule has 1 unspecified atom stereocenters. The number of rotatable bonds is 4. The van der Waals surface area contributed by atoms with Crippen LogP contribution in [0.15, 0.2) is 42.5 Å². The Morgan fingerprint density at radius 1 is 1.09 bits per heavy atom. The molecule has 3 nitrogen and oxygen atoms in total. The predicted molar refractivity (Wildman–Crippen MR) is 91.6 cm³/mol. The van der Waals surface area contributed by atoms with E-state index in [0.29, 0.717) is 10.7 Å². The number of halogens is 1. The molecule has 0 aromatic heterocycles. The maximum absolute atomic E-state index is 12.2. The van der Waals surface area contributed by atoms with Crippen molar-refractivity contribution in [2.45, 2.75) is 32.2 Å². The number of carbonyl (C=O) groups excluding carboxylic acids is 1. The molecule has 2 N–H and O–H groups in total. The van der Waals surface area contributed by atoms with E-state index in [4.69, 9.17) is 11.6 Å². The normalized spacial score (nSPS) is 14.3. The highest BCUT2D eigenvalue weighted by Gasteiger charge is 2.15. The maximum atomic E-state index is 12.2. The number of amides is 1. The molecule has 0 aliphatic heterocycles. The van der Waals surface area contributed by atoms with E-state index in [0.717, 1.165) is 12.1 Å². The summed E-state index contributed by atoms with van der Waals surface area (Å²) < 4.78 is 0. The molecule has 114 valence electrons. The second-order valence-electron chi connectivity index (χ2n) is 5.70. The Bertz CT molecular complexity index is 699. The molecule has 2 aromatic carbocycles. The first-order chi connectivity index (χ1) is 10.6. The van der Waals surface area contributed by atoms with Gasteiger partial charge in [0.1, 0.15) is 6.04 Å². The van der Waals surface area contributed by atoms with Gasteiger partial charge in [-0.15, -0.1) is 0 Å². The monoisotopic (exact) mass is 314 g/mol. The third-order valence-electron chi connectivity index (χ3n) is 3.97. The van der Waals surface area contributed by atoms with Crippen molar-refractivity contribution >= 4 is 28.9 Å². The van der Waals surface area contributed by atoms with Gasteiger partial charge >= 0.3 is 0 Å². The minimum atomic E-state index is -0.321. The molecule has 0 fully saturated rings. The third-order valence-corrected chi connectivity index (χ3v) is 4.20. The molecule has 4 heteroatoms. The second-order valence-corrected chi connectivity index (χ2v) is 6.14. The number of nitrogens with one attached hydrogen (secondary N) is 2. The molecule has 0 bridgehead atoms. The maximum Gasteiger partial charge on any atom is 0.246 e. The standard InChI is InChI=1S/C18H19ClN2O/c1-12(18(22)21-16-7-3-6-15(19)11-16)20-17-9-8-13-4-2-5-14(13)10-17/h3,6-12,20H,2,4-5H2,1H3,(H,21,22). The summed E-state index contributed by atoms with van der Waals surface area (Å²) in [5.41, 5.74) is 4.53. The molecule has 0 heterocycles. The molecule has 1 aliphatic carbocycles. The lowest BCUT2D eigenvalue weighted by molar-refractivity contribution is -0.116. The van der Waals surface area contributed by atoms with Crippen LogP contribution < -0.4 is 10.6 Å². The van der Waals surface area contributed by atoms with Gasteiger partial charge in [0.15, 0.2) is 0 Å². The van der Waals surface area contributed by atoms with Crippen LogP contribution in [0.25, 0.3) is 0 Å². The van der Waals surface area contributed by atoms with Crippen molar-refractivity contribution in [1.29, 1.82) is 0 Å². The Morgan fingerprint density at radius 3 is 2.73 bits per heavy atom. The highest BCUT2D eigenvalue weighted by molar-refractivity contribution is 6.30. The fourth-order valence-corrected chi connectivity index (χ4v) is 2.98. The Balaban J connectivity index is 1.63. The van der Waals surface area contributed by atoms with Crippen molar-refractivity contribution in [3.63, 3.8) is 0 Å². The SMILES string of the molecule is CC(Nc1ccc2c(c1)CCC2)C(=O)Nc1cccc(Cl)c1. The van der Waals surface area contributed by atoms with Crippen LogP contribution in [0.1, 0.15) is 24.5 Å². The van der Waals surface area contributed by atoms with Crippen molar-refractivity contribution in [1.82, 2.24) is 0 Å². The van der Waals surface area contributed by atoms with Crippen molar-refractivity contribution in [2.75, 3.05) is 10.6 Å². The zero-order valence-corrected chi connectivity index (χ0v) is 13.3. The Morgan fingerprint density at radius 2 is 1.91 bits per heavy atom. The summed E-state index contributed by atoms with van der Waals surface area (Å²) in [5, 5.41) is 6.74.